The van der Waals surface area contributed by atoms with Crippen molar-refractivity contribution in [2.45, 2.75) is 77.7 Å². The fourth-order valence-corrected chi connectivity index (χ4v) is 8.02. The fraction of sp³-hybridized carbons (Fsp3) is 0.792. The molecule has 1 N–H and O–H groups in total. The van der Waals surface area contributed by atoms with Gasteiger partial charge in [0.25, 0.3) is 0 Å². The Morgan fingerprint density at radius 1 is 1.07 bits per heavy atom. The minimum atomic E-state index is -0.277. The molecular weight excluding hydrogens is 332 g/mol. The van der Waals surface area contributed by atoms with Crippen LogP contribution in [0.2, 0.25) is 0 Å². The number of hydrogen-bond donors (Lipinski definition) is 1. The quantitative estimate of drug-likeness (QED) is 0.739. The van der Waals surface area contributed by atoms with Gasteiger partial charge >= 0.3 is 0 Å². The molecule has 0 unspecified atom stereocenters. The molecule has 1 aromatic heterocycles. The second-order valence-corrected chi connectivity index (χ2v) is 10.7. The first-order valence-corrected chi connectivity index (χ1v) is 11.3. The van der Waals surface area contributed by atoms with E-state index < -0.39 is 0 Å². The summed E-state index contributed by atoms with van der Waals surface area (Å²) in [6.07, 6.45) is 18.2. The zero-order valence-electron chi connectivity index (χ0n) is 17.3. The Kier molecular flexibility index (Phi) is 4.13. The molecule has 4 aliphatic carbocycles. The molecule has 1 heterocycles. The molecule has 5 rings (SSSR count). The standard InChI is InChI=1S/C24H36N2O/c1-23-10-5-4-6-18(23)7-8-19-20(23)9-11-24(2)21(19)13-17(22(24)27)12-16-14-25-26(3)15-16/h12,14-15,18-22,27H,4-11,13H2,1-3H3/b17-12-/t18-,19+,20-,21-,22-,23+,24+/m1/s1. The summed E-state index contributed by atoms with van der Waals surface area (Å²) < 4.78 is 1.85. The number of hydrogen-bond acceptors (Lipinski definition) is 2. The van der Waals surface area contributed by atoms with Crippen LogP contribution < -0.4 is 0 Å². The number of aromatic nitrogens is 2. The van der Waals surface area contributed by atoms with Gasteiger partial charge in [-0.25, -0.2) is 0 Å². The Bertz CT molecular complexity index is 751. The van der Waals surface area contributed by atoms with Crippen molar-refractivity contribution in [2.24, 2.45) is 41.5 Å². The summed E-state index contributed by atoms with van der Waals surface area (Å²) in [5.74, 6) is 3.33. The van der Waals surface area contributed by atoms with E-state index in [2.05, 4.69) is 31.2 Å². The van der Waals surface area contributed by atoms with Gasteiger partial charge in [-0.15, -0.1) is 0 Å². The molecule has 3 nitrogen and oxygen atoms in total. The molecule has 27 heavy (non-hydrogen) atoms. The van der Waals surface area contributed by atoms with Crippen molar-refractivity contribution in [2.75, 3.05) is 0 Å². The van der Waals surface area contributed by atoms with Crippen molar-refractivity contribution in [1.29, 1.82) is 0 Å². The summed E-state index contributed by atoms with van der Waals surface area (Å²) in [6, 6.07) is 0. The second-order valence-electron chi connectivity index (χ2n) is 10.7. The lowest BCUT2D eigenvalue weighted by atomic mass is 9.45. The van der Waals surface area contributed by atoms with Crippen molar-refractivity contribution in [1.82, 2.24) is 9.78 Å². The lowest BCUT2D eigenvalue weighted by Crippen LogP contribution is -2.53. The smallest absolute Gasteiger partial charge is 0.0809 e. The monoisotopic (exact) mass is 368 g/mol. The van der Waals surface area contributed by atoms with Gasteiger partial charge in [0.1, 0.15) is 0 Å². The van der Waals surface area contributed by atoms with Gasteiger partial charge in [0.15, 0.2) is 0 Å². The Labute approximate surface area is 164 Å². The molecule has 1 aromatic rings. The highest BCUT2D eigenvalue weighted by Crippen LogP contribution is 2.66. The van der Waals surface area contributed by atoms with Crippen molar-refractivity contribution in [3.63, 3.8) is 0 Å². The van der Waals surface area contributed by atoms with E-state index in [0.717, 1.165) is 29.7 Å². The summed E-state index contributed by atoms with van der Waals surface area (Å²) in [5.41, 5.74) is 3.04. The van der Waals surface area contributed by atoms with Crippen LogP contribution >= 0.6 is 0 Å². The van der Waals surface area contributed by atoms with Gasteiger partial charge in [0.05, 0.1) is 12.3 Å². The Morgan fingerprint density at radius 2 is 1.93 bits per heavy atom. The largest absolute Gasteiger partial charge is 0.388 e. The molecule has 4 aliphatic rings. The number of aliphatic hydroxyl groups is 1. The third-order valence-electron chi connectivity index (χ3n) is 9.53. The Balaban J connectivity index is 1.45. The molecule has 148 valence electrons. The minimum absolute atomic E-state index is 0.0765. The summed E-state index contributed by atoms with van der Waals surface area (Å²) in [5, 5.41) is 15.6. The molecule has 7 atom stereocenters. The van der Waals surface area contributed by atoms with Gasteiger partial charge in [-0.3, -0.25) is 4.68 Å². The van der Waals surface area contributed by atoms with Crippen LogP contribution in [-0.2, 0) is 7.05 Å². The fourth-order valence-electron chi connectivity index (χ4n) is 8.02. The maximum Gasteiger partial charge on any atom is 0.0809 e. The van der Waals surface area contributed by atoms with Crippen molar-refractivity contribution >= 4 is 6.08 Å². The normalized spacial score (nSPS) is 48.1. The summed E-state index contributed by atoms with van der Waals surface area (Å²) in [4.78, 5) is 0. The molecule has 4 fully saturated rings. The second kappa shape index (κ2) is 6.20. The van der Waals surface area contributed by atoms with Crippen LogP contribution in [0.1, 0.15) is 77.2 Å². The van der Waals surface area contributed by atoms with E-state index in [4.69, 9.17) is 0 Å². The van der Waals surface area contributed by atoms with E-state index in [0.29, 0.717) is 11.3 Å². The van der Waals surface area contributed by atoms with E-state index in [9.17, 15) is 5.11 Å². The van der Waals surface area contributed by atoms with Gasteiger partial charge in [-0.05, 0) is 79.6 Å². The molecule has 0 saturated heterocycles. The summed E-state index contributed by atoms with van der Waals surface area (Å²) >= 11 is 0. The van der Waals surface area contributed by atoms with E-state index in [-0.39, 0.29) is 11.5 Å². The van der Waals surface area contributed by atoms with Crippen LogP contribution in [0.5, 0.6) is 0 Å². The van der Waals surface area contributed by atoms with Crippen LogP contribution in [0.3, 0.4) is 0 Å². The van der Waals surface area contributed by atoms with Gasteiger partial charge < -0.3 is 5.11 Å². The predicted octanol–water partition coefficient (Wildman–Crippen LogP) is 5.21. The average Bonchev–Trinajstić information content (AvgIpc) is 3.16. The molecule has 0 aliphatic heterocycles. The zero-order chi connectivity index (χ0) is 18.8. The first-order chi connectivity index (χ1) is 12.9. The number of rotatable bonds is 1. The highest BCUT2D eigenvalue weighted by Gasteiger charge is 2.60. The van der Waals surface area contributed by atoms with Crippen molar-refractivity contribution < 1.29 is 5.11 Å². The molecule has 3 heteroatoms. The topological polar surface area (TPSA) is 38.0 Å². The van der Waals surface area contributed by atoms with E-state index in [1.165, 1.54) is 56.9 Å². The van der Waals surface area contributed by atoms with Crippen molar-refractivity contribution in [3.8, 4) is 0 Å². The summed E-state index contributed by atoms with van der Waals surface area (Å²) in [6.45, 7) is 5.02. The van der Waals surface area contributed by atoms with Crippen LogP contribution in [0, 0.1) is 34.5 Å². The SMILES string of the molecule is Cn1cc(/C=C2/C[C@@H]3[C@H]4CC[C@H]5CCCC[C@]5(C)[C@@H]4CC[C@]3(C)[C@@H]2O)cn1. The number of aryl methyl sites for hydroxylation is 1. The Morgan fingerprint density at radius 3 is 2.70 bits per heavy atom. The van der Waals surface area contributed by atoms with Gasteiger partial charge in [-0.1, -0.05) is 32.8 Å². The number of fused-ring (bicyclic) bond motifs is 5. The molecular formula is C24H36N2O. The third-order valence-corrected chi connectivity index (χ3v) is 9.53. The van der Waals surface area contributed by atoms with E-state index in [1.54, 1.807) is 0 Å². The van der Waals surface area contributed by atoms with Crippen LogP contribution in [0.25, 0.3) is 6.08 Å². The molecule has 0 spiro atoms. The zero-order valence-corrected chi connectivity index (χ0v) is 17.3. The first kappa shape index (κ1) is 18.0. The van der Waals surface area contributed by atoms with E-state index in [1.807, 2.05) is 17.9 Å². The Hall–Kier alpha value is -1.09. The molecule has 0 amide bonds. The maximum absolute atomic E-state index is 11.3. The summed E-state index contributed by atoms with van der Waals surface area (Å²) in [7, 11) is 1.96. The third kappa shape index (κ3) is 2.60. The lowest BCUT2D eigenvalue weighted by Gasteiger charge is -2.60. The van der Waals surface area contributed by atoms with Crippen LogP contribution in [0.15, 0.2) is 18.0 Å². The van der Waals surface area contributed by atoms with Crippen LogP contribution in [-0.4, -0.2) is 21.0 Å². The van der Waals surface area contributed by atoms with Gasteiger partial charge in [0, 0.05) is 24.2 Å². The molecule has 4 saturated carbocycles. The number of aliphatic hydroxyl groups excluding tert-OH is 1. The predicted molar refractivity (Wildman–Crippen MR) is 109 cm³/mol. The lowest BCUT2D eigenvalue weighted by molar-refractivity contribution is -0.119. The highest BCUT2D eigenvalue weighted by molar-refractivity contribution is 5.54. The van der Waals surface area contributed by atoms with Gasteiger partial charge in [0.2, 0.25) is 0 Å². The van der Waals surface area contributed by atoms with Crippen molar-refractivity contribution in [3.05, 3.63) is 23.5 Å². The van der Waals surface area contributed by atoms with E-state index >= 15 is 0 Å². The van der Waals surface area contributed by atoms with Gasteiger partial charge in [-0.2, -0.15) is 5.10 Å². The molecule has 0 radical (unpaired) electrons. The highest BCUT2D eigenvalue weighted by atomic mass is 16.3. The molecule has 0 aromatic carbocycles. The maximum atomic E-state index is 11.3. The minimum Gasteiger partial charge on any atom is -0.388 e. The number of nitrogens with zero attached hydrogens (tertiary/aromatic N) is 2. The first-order valence-electron chi connectivity index (χ1n) is 11.3. The van der Waals surface area contributed by atoms with Crippen LogP contribution in [0.4, 0.5) is 0 Å². The average molecular weight is 369 g/mol. The molecule has 0 bridgehead atoms.